The Morgan fingerprint density at radius 3 is 2.39 bits per heavy atom. The van der Waals surface area contributed by atoms with Crippen LogP contribution in [0.15, 0.2) is 61.1 Å². The third-order valence-electron chi connectivity index (χ3n) is 5.08. The van der Waals surface area contributed by atoms with Crippen LogP contribution in [0.2, 0.25) is 0 Å². The van der Waals surface area contributed by atoms with Gasteiger partial charge in [-0.2, -0.15) is 0 Å². The zero-order valence-electron chi connectivity index (χ0n) is 16.4. The molecule has 3 heterocycles. The molecule has 4 rings (SSSR count). The van der Waals surface area contributed by atoms with Crippen LogP contribution >= 0.6 is 0 Å². The summed E-state index contributed by atoms with van der Waals surface area (Å²) >= 11 is 0. The summed E-state index contributed by atoms with van der Waals surface area (Å²) in [6.07, 6.45) is 5.27. The van der Waals surface area contributed by atoms with E-state index in [1.807, 2.05) is 35.2 Å². The number of amides is 1. The first-order valence-electron chi connectivity index (χ1n) is 9.46. The maximum atomic E-state index is 13.1. The number of rotatable bonds is 4. The number of anilines is 2. The highest BCUT2D eigenvalue weighted by Gasteiger charge is 2.31. The third kappa shape index (κ3) is 3.48. The molecule has 0 aliphatic carbocycles. The van der Waals surface area contributed by atoms with E-state index in [0.29, 0.717) is 24.5 Å². The minimum atomic E-state index is -0.0103. The summed E-state index contributed by atoms with van der Waals surface area (Å²) in [5, 5.41) is 3.31. The number of nitrogens with one attached hydrogen (secondary N) is 1. The minimum Gasteiger partial charge on any atom is -0.365 e. The van der Waals surface area contributed by atoms with Crippen LogP contribution in [-0.4, -0.2) is 15.9 Å². The Morgan fingerprint density at radius 2 is 1.71 bits per heavy atom. The molecule has 0 atom stereocenters. The molecule has 0 radical (unpaired) electrons. The lowest BCUT2D eigenvalue weighted by Crippen LogP contribution is -2.24. The fourth-order valence-corrected chi connectivity index (χ4v) is 3.42. The van der Waals surface area contributed by atoms with Crippen LogP contribution in [0.25, 0.3) is 0 Å². The van der Waals surface area contributed by atoms with E-state index in [1.165, 1.54) is 5.56 Å². The van der Waals surface area contributed by atoms with Gasteiger partial charge in [-0.05, 0) is 52.4 Å². The van der Waals surface area contributed by atoms with Crippen LogP contribution in [0.1, 0.15) is 47.8 Å². The number of benzene rings is 1. The van der Waals surface area contributed by atoms with Crippen molar-refractivity contribution in [3.05, 3.63) is 83.3 Å². The van der Waals surface area contributed by atoms with Gasteiger partial charge < -0.3 is 10.2 Å². The Morgan fingerprint density at radius 1 is 1.00 bits per heavy atom. The van der Waals surface area contributed by atoms with Gasteiger partial charge in [0, 0.05) is 30.8 Å². The Bertz CT molecular complexity index is 991. The van der Waals surface area contributed by atoms with Crippen molar-refractivity contribution in [1.29, 1.82) is 0 Å². The molecule has 0 unspecified atom stereocenters. The highest BCUT2D eigenvalue weighted by Crippen LogP contribution is 2.33. The highest BCUT2D eigenvalue weighted by molar-refractivity contribution is 6.12. The number of hydrogen-bond acceptors (Lipinski definition) is 4. The van der Waals surface area contributed by atoms with Crippen molar-refractivity contribution in [2.75, 3.05) is 10.2 Å². The fourth-order valence-electron chi connectivity index (χ4n) is 3.42. The van der Waals surface area contributed by atoms with Crippen molar-refractivity contribution in [2.45, 2.75) is 39.3 Å². The van der Waals surface area contributed by atoms with Crippen molar-refractivity contribution in [2.24, 2.45) is 0 Å². The summed E-state index contributed by atoms with van der Waals surface area (Å²) in [5.41, 5.74) is 5.00. The van der Waals surface area contributed by atoms with E-state index < -0.39 is 0 Å². The SMILES string of the molecule is CC(C)(C)c1ccc(N2Cc3ccnc(NCc4ccncc4)c3C2=O)cc1. The van der Waals surface area contributed by atoms with Crippen LogP contribution in [0, 0.1) is 0 Å². The third-order valence-corrected chi connectivity index (χ3v) is 5.08. The number of carbonyl (C=O) groups is 1. The predicted octanol–water partition coefficient (Wildman–Crippen LogP) is 4.55. The zero-order chi connectivity index (χ0) is 19.7. The summed E-state index contributed by atoms with van der Waals surface area (Å²) in [5.74, 6) is 0.622. The van der Waals surface area contributed by atoms with Crippen LogP contribution < -0.4 is 10.2 Å². The van der Waals surface area contributed by atoms with Gasteiger partial charge in [-0.1, -0.05) is 32.9 Å². The van der Waals surface area contributed by atoms with Crippen LogP contribution in [0.4, 0.5) is 11.5 Å². The molecule has 1 aromatic carbocycles. The van der Waals surface area contributed by atoms with Crippen LogP contribution in [-0.2, 0) is 18.5 Å². The van der Waals surface area contributed by atoms with E-state index >= 15 is 0 Å². The molecule has 1 amide bonds. The Kier molecular flexibility index (Phi) is 4.59. The lowest BCUT2D eigenvalue weighted by atomic mass is 9.87. The van der Waals surface area contributed by atoms with Gasteiger partial charge in [-0.25, -0.2) is 4.98 Å². The summed E-state index contributed by atoms with van der Waals surface area (Å²) in [4.78, 5) is 23.4. The highest BCUT2D eigenvalue weighted by atomic mass is 16.2. The van der Waals surface area contributed by atoms with Gasteiger partial charge in [0.1, 0.15) is 5.82 Å². The van der Waals surface area contributed by atoms with E-state index in [9.17, 15) is 4.79 Å². The second-order valence-electron chi connectivity index (χ2n) is 8.09. The van der Waals surface area contributed by atoms with Crippen molar-refractivity contribution < 1.29 is 4.79 Å². The molecule has 5 nitrogen and oxygen atoms in total. The first-order chi connectivity index (χ1) is 13.4. The Labute approximate surface area is 165 Å². The van der Waals surface area contributed by atoms with Gasteiger partial charge in [-0.15, -0.1) is 0 Å². The summed E-state index contributed by atoms with van der Waals surface area (Å²) < 4.78 is 0. The average molecular weight is 372 g/mol. The van der Waals surface area contributed by atoms with Gasteiger partial charge in [0.15, 0.2) is 0 Å². The van der Waals surface area contributed by atoms with Gasteiger partial charge in [0.2, 0.25) is 0 Å². The molecule has 5 heteroatoms. The van der Waals surface area contributed by atoms with Crippen LogP contribution in [0.5, 0.6) is 0 Å². The summed E-state index contributed by atoms with van der Waals surface area (Å²) in [6, 6.07) is 14.1. The molecule has 0 saturated carbocycles. The summed E-state index contributed by atoms with van der Waals surface area (Å²) in [7, 11) is 0. The van der Waals surface area contributed by atoms with Crippen molar-refractivity contribution in [3.8, 4) is 0 Å². The van der Waals surface area contributed by atoms with E-state index in [-0.39, 0.29) is 11.3 Å². The largest absolute Gasteiger partial charge is 0.365 e. The first-order valence-corrected chi connectivity index (χ1v) is 9.46. The second-order valence-corrected chi connectivity index (χ2v) is 8.09. The standard InChI is InChI=1S/C23H24N4O/c1-23(2,3)18-4-6-19(7-5-18)27-15-17-10-13-25-21(20(17)22(27)28)26-14-16-8-11-24-12-9-16/h4-13H,14-15H2,1-3H3,(H,25,26). The molecule has 0 spiro atoms. The molecule has 1 aliphatic heterocycles. The van der Waals surface area contributed by atoms with Crippen LogP contribution in [0.3, 0.4) is 0 Å². The van der Waals surface area contributed by atoms with E-state index in [0.717, 1.165) is 16.8 Å². The smallest absolute Gasteiger partial charge is 0.262 e. The summed E-state index contributed by atoms with van der Waals surface area (Å²) in [6.45, 7) is 7.72. The molecule has 3 aromatic rings. The topological polar surface area (TPSA) is 58.1 Å². The van der Waals surface area contributed by atoms with Gasteiger partial charge in [0.05, 0.1) is 12.1 Å². The number of fused-ring (bicyclic) bond motifs is 1. The predicted molar refractivity (Wildman–Crippen MR) is 111 cm³/mol. The van der Waals surface area contributed by atoms with E-state index in [1.54, 1.807) is 18.6 Å². The number of aromatic nitrogens is 2. The molecule has 142 valence electrons. The quantitative estimate of drug-likeness (QED) is 0.730. The fraction of sp³-hybridized carbons (Fsp3) is 0.261. The monoisotopic (exact) mass is 372 g/mol. The Balaban J connectivity index is 1.57. The van der Waals surface area contributed by atoms with Gasteiger partial charge in [-0.3, -0.25) is 9.78 Å². The maximum Gasteiger partial charge on any atom is 0.262 e. The molecule has 0 fully saturated rings. The van der Waals surface area contributed by atoms with Gasteiger partial charge >= 0.3 is 0 Å². The molecule has 0 bridgehead atoms. The molecular weight excluding hydrogens is 348 g/mol. The number of carbonyl (C=O) groups excluding carboxylic acids is 1. The average Bonchev–Trinajstić information content (AvgIpc) is 3.04. The molecule has 28 heavy (non-hydrogen) atoms. The van der Waals surface area contributed by atoms with Gasteiger partial charge in [0.25, 0.3) is 5.91 Å². The molecule has 1 N–H and O–H groups in total. The Hall–Kier alpha value is -3.21. The van der Waals surface area contributed by atoms with Crippen molar-refractivity contribution in [3.63, 3.8) is 0 Å². The number of nitrogens with zero attached hydrogens (tertiary/aromatic N) is 3. The van der Waals surface area contributed by atoms with E-state index in [2.05, 4.69) is 48.2 Å². The maximum absolute atomic E-state index is 13.1. The molecule has 2 aromatic heterocycles. The number of hydrogen-bond donors (Lipinski definition) is 1. The lowest BCUT2D eigenvalue weighted by Gasteiger charge is -2.21. The molecular formula is C23H24N4O. The molecule has 1 aliphatic rings. The minimum absolute atomic E-state index is 0.0103. The van der Waals surface area contributed by atoms with E-state index in [4.69, 9.17) is 0 Å². The van der Waals surface area contributed by atoms with Crippen molar-refractivity contribution >= 4 is 17.4 Å². The lowest BCUT2D eigenvalue weighted by molar-refractivity contribution is 0.0997. The second kappa shape index (κ2) is 7.08. The normalized spacial score (nSPS) is 13.5. The van der Waals surface area contributed by atoms with Crippen molar-refractivity contribution in [1.82, 2.24) is 9.97 Å². The molecule has 0 saturated heterocycles. The number of pyridine rings is 2. The zero-order valence-corrected chi connectivity index (χ0v) is 16.4. The first kappa shape index (κ1) is 18.2.